The highest BCUT2D eigenvalue weighted by Crippen LogP contribution is 2.36. The first-order valence-electron chi connectivity index (χ1n) is 8.91. The second-order valence-electron chi connectivity index (χ2n) is 6.52. The number of aryl methyl sites for hydroxylation is 1. The van der Waals surface area contributed by atoms with Crippen molar-refractivity contribution in [2.45, 2.75) is 19.1 Å². The Morgan fingerprint density at radius 2 is 1.85 bits per heavy atom. The predicted molar refractivity (Wildman–Crippen MR) is 101 cm³/mol. The second kappa shape index (κ2) is 8.41. The summed E-state index contributed by atoms with van der Waals surface area (Å²) in [7, 11) is 3.14. The zero-order valence-corrected chi connectivity index (χ0v) is 15.8. The van der Waals surface area contributed by atoms with Crippen LogP contribution in [0.5, 0.6) is 11.5 Å². The van der Waals surface area contributed by atoms with Gasteiger partial charge < -0.3 is 24.2 Å². The third-order valence-electron chi connectivity index (χ3n) is 4.84. The van der Waals surface area contributed by atoms with E-state index in [0.29, 0.717) is 30.2 Å². The number of amides is 1. The second-order valence-corrected chi connectivity index (χ2v) is 6.52. The molecule has 2 atom stereocenters. The molecule has 1 aliphatic rings. The fraction of sp³-hybridized carbons (Fsp3) is 0.381. The van der Waals surface area contributed by atoms with Gasteiger partial charge in [-0.05, 0) is 36.8 Å². The fourth-order valence-electron chi connectivity index (χ4n) is 3.41. The normalized spacial score (nSPS) is 19.6. The average Bonchev–Trinajstić information content (AvgIpc) is 2.72. The quantitative estimate of drug-likeness (QED) is 0.875. The third kappa shape index (κ3) is 3.91. The van der Waals surface area contributed by atoms with Gasteiger partial charge in [0, 0.05) is 12.1 Å². The minimum Gasteiger partial charge on any atom is -0.493 e. The van der Waals surface area contributed by atoms with Gasteiger partial charge in [0.1, 0.15) is 6.10 Å². The molecule has 1 fully saturated rings. The molecule has 0 saturated carbocycles. The molecular formula is C21H25NO5. The third-order valence-corrected chi connectivity index (χ3v) is 4.84. The average molecular weight is 371 g/mol. The summed E-state index contributed by atoms with van der Waals surface area (Å²) >= 11 is 0. The number of rotatable bonds is 5. The Hall–Kier alpha value is -2.57. The Balaban J connectivity index is 1.99. The highest BCUT2D eigenvalue weighted by atomic mass is 16.5. The molecule has 1 aliphatic heterocycles. The molecule has 6 nitrogen and oxygen atoms in total. The largest absolute Gasteiger partial charge is 0.493 e. The summed E-state index contributed by atoms with van der Waals surface area (Å²) in [5.74, 6) is 1.09. The van der Waals surface area contributed by atoms with Crippen molar-refractivity contribution >= 4 is 5.91 Å². The number of carbonyl (C=O) groups is 1. The molecule has 1 amide bonds. The van der Waals surface area contributed by atoms with Gasteiger partial charge in [0.25, 0.3) is 5.91 Å². The molecule has 0 unspecified atom stereocenters. The van der Waals surface area contributed by atoms with Crippen molar-refractivity contribution in [1.82, 2.24) is 4.90 Å². The maximum atomic E-state index is 13.2. The molecule has 2 aromatic rings. The minimum absolute atomic E-state index is 0.0865. The van der Waals surface area contributed by atoms with Crippen LogP contribution in [-0.2, 0) is 4.74 Å². The summed E-state index contributed by atoms with van der Waals surface area (Å²) in [6.07, 6.45) is -0.508. The number of carbonyl (C=O) groups excluding carboxylic acids is 1. The molecule has 0 bridgehead atoms. The maximum absolute atomic E-state index is 13.2. The molecule has 144 valence electrons. The number of ether oxygens (including phenoxy) is 3. The number of benzene rings is 2. The molecule has 0 aromatic heterocycles. The van der Waals surface area contributed by atoms with Gasteiger partial charge in [-0.15, -0.1) is 0 Å². The molecular weight excluding hydrogens is 346 g/mol. The van der Waals surface area contributed by atoms with Crippen molar-refractivity contribution in [1.29, 1.82) is 0 Å². The molecule has 1 saturated heterocycles. The molecule has 0 radical (unpaired) electrons. The number of aliphatic hydroxyl groups excluding tert-OH is 1. The lowest BCUT2D eigenvalue weighted by Crippen LogP contribution is -2.49. The van der Waals surface area contributed by atoms with Crippen LogP contribution in [0.3, 0.4) is 0 Å². The number of nitrogens with zero attached hydrogens (tertiary/aromatic N) is 1. The van der Waals surface area contributed by atoms with Crippen LogP contribution in [0.25, 0.3) is 0 Å². The first-order valence-corrected chi connectivity index (χ1v) is 8.91. The van der Waals surface area contributed by atoms with Crippen LogP contribution < -0.4 is 9.47 Å². The summed E-state index contributed by atoms with van der Waals surface area (Å²) in [6.45, 7) is 2.63. The summed E-state index contributed by atoms with van der Waals surface area (Å²) in [5.41, 5.74) is 2.54. The number of aliphatic hydroxyl groups is 1. The number of hydrogen-bond acceptors (Lipinski definition) is 5. The summed E-state index contributed by atoms with van der Waals surface area (Å²) in [5, 5.41) is 9.84. The topological polar surface area (TPSA) is 68.2 Å². The summed E-state index contributed by atoms with van der Waals surface area (Å²) in [4.78, 5) is 14.9. The molecule has 27 heavy (non-hydrogen) atoms. The first-order chi connectivity index (χ1) is 13.1. The molecule has 2 aromatic carbocycles. The molecule has 1 N–H and O–H groups in total. The zero-order chi connectivity index (χ0) is 19.4. The van der Waals surface area contributed by atoms with Crippen molar-refractivity contribution in [3.8, 4) is 11.5 Å². The van der Waals surface area contributed by atoms with E-state index >= 15 is 0 Å². The van der Waals surface area contributed by atoms with Gasteiger partial charge in [-0.2, -0.15) is 0 Å². The van der Waals surface area contributed by atoms with Crippen LogP contribution in [-0.4, -0.2) is 56.0 Å². The molecule has 6 heteroatoms. The Morgan fingerprint density at radius 1 is 1.15 bits per heavy atom. The predicted octanol–water partition coefficient (Wildman–Crippen LogP) is 2.59. The molecule has 1 heterocycles. The maximum Gasteiger partial charge on any atom is 0.254 e. The zero-order valence-electron chi connectivity index (χ0n) is 15.8. The van der Waals surface area contributed by atoms with Gasteiger partial charge >= 0.3 is 0 Å². The van der Waals surface area contributed by atoms with Gasteiger partial charge in [-0.3, -0.25) is 4.79 Å². The van der Waals surface area contributed by atoms with E-state index in [2.05, 4.69) is 0 Å². The van der Waals surface area contributed by atoms with Crippen LogP contribution in [0.2, 0.25) is 0 Å². The van der Waals surface area contributed by atoms with Gasteiger partial charge in [0.15, 0.2) is 11.5 Å². The first kappa shape index (κ1) is 19.2. The van der Waals surface area contributed by atoms with Crippen molar-refractivity contribution in [3.05, 3.63) is 59.2 Å². The SMILES string of the molecule is COc1ccc([C@@H]2[C@@H](CO)OCCN2C(=O)c2ccc(C)cc2)cc1OC. The van der Waals surface area contributed by atoms with E-state index in [9.17, 15) is 9.90 Å². The highest BCUT2D eigenvalue weighted by molar-refractivity contribution is 5.94. The van der Waals surface area contributed by atoms with Crippen molar-refractivity contribution in [3.63, 3.8) is 0 Å². The van der Waals surface area contributed by atoms with Crippen LogP contribution in [0.15, 0.2) is 42.5 Å². The van der Waals surface area contributed by atoms with E-state index in [4.69, 9.17) is 14.2 Å². The van der Waals surface area contributed by atoms with Crippen LogP contribution >= 0.6 is 0 Å². The van der Waals surface area contributed by atoms with Crippen LogP contribution in [0.4, 0.5) is 0 Å². The molecule has 0 aliphatic carbocycles. The molecule has 0 spiro atoms. The summed E-state index contributed by atoms with van der Waals surface area (Å²) < 4.78 is 16.4. The standard InChI is InChI=1S/C21H25NO5/c1-14-4-6-15(7-5-14)21(24)22-10-11-27-19(13-23)20(22)16-8-9-17(25-2)18(12-16)26-3/h4-9,12,19-20,23H,10-11,13H2,1-3H3/t19-,20-/m1/s1. The number of methoxy groups -OCH3 is 2. The Labute approximate surface area is 159 Å². The van der Waals surface area contributed by atoms with Gasteiger partial charge in [-0.1, -0.05) is 23.8 Å². The Kier molecular flexibility index (Phi) is 5.98. The van der Waals surface area contributed by atoms with Crippen LogP contribution in [0.1, 0.15) is 27.5 Å². The fourth-order valence-corrected chi connectivity index (χ4v) is 3.41. The molecule has 3 rings (SSSR count). The van der Waals surface area contributed by atoms with E-state index in [-0.39, 0.29) is 12.5 Å². The van der Waals surface area contributed by atoms with Gasteiger partial charge in [0.05, 0.1) is 33.5 Å². The van der Waals surface area contributed by atoms with E-state index in [1.54, 1.807) is 25.2 Å². The lowest BCUT2D eigenvalue weighted by atomic mass is 9.96. The number of morpholine rings is 1. The van der Waals surface area contributed by atoms with Crippen molar-refractivity contribution in [2.24, 2.45) is 0 Å². The lowest BCUT2D eigenvalue weighted by Gasteiger charge is -2.41. The van der Waals surface area contributed by atoms with E-state index in [1.165, 1.54) is 0 Å². The van der Waals surface area contributed by atoms with E-state index < -0.39 is 12.1 Å². The van der Waals surface area contributed by atoms with Gasteiger partial charge in [0.2, 0.25) is 0 Å². The minimum atomic E-state index is -0.508. The monoisotopic (exact) mass is 371 g/mol. The Bertz CT molecular complexity index is 790. The lowest BCUT2D eigenvalue weighted by molar-refractivity contribution is -0.0811. The van der Waals surface area contributed by atoms with Crippen molar-refractivity contribution in [2.75, 3.05) is 34.0 Å². The van der Waals surface area contributed by atoms with Crippen LogP contribution in [0, 0.1) is 6.92 Å². The Morgan fingerprint density at radius 3 is 2.48 bits per heavy atom. The van der Waals surface area contributed by atoms with E-state index in [0.717, 1.165) is 11.1 Å². The van der Waals surface area contributed by atoms with Crippen molar-refractivity contribution < 1.29 is 24.1 Å². The highest BCUT2D eigenvalue weighted by Gasteiger charge is 2.36. The van der Waals surface area contributed by atoms with E-state index in [1.807, 2.05) is 43.3 Å². The smallest absolute Gasteiger partial charge is 0.254 e. The van der Waals surface area contributed by atoms with Gasteiger partial charge in [-0.25, -0.2) is 0 Å². The summed E-state index contributed by atoms with van der Waals surface area (Å²) in [6, 6.07) is 12.6. The number of hydrogen-bond donors (Lipinski definition) is 1.